The highest BCUT2D eigenvalue weighted by Gasteiger charge is 2.14. The number of nitrogens with zero attached hydrogens (tertiary/aromatic N) is 4. The molecule has 2 aromatic carbocycles. The molecule has 0 aliphatic heterocycles. The third kappa shape index (κ3) is 2.18. The summed E-state index contributed by atoms with van der Waals surface area (Å²) in [4.78, 5) is 0. The Morgan fingerprint density at radius 1 is 1.15 bits per heavy atom. The fourth-order valence-corrected chi connectivity index (χ4v) is 2.42. The summed E-state index contributed by atoms with van der Waals surface area (Å²) in [6.07, 6.45) is 0. The second kappa shape index (κ2) is 5.05. The Kier molecular flexibility index (Phi) is 3.23. The van der Waals surface area contributed by atoms with Gasteiger partial charge in [0.2, 0.25) is 0 Å². The minimum absolute atomic E-state index is 0.674. The zero-order chi connectivity index (χ0) is 14.1. The van der Waals surface area contributed by atoms with E-state index >= 15 is 0 Å². The van der Waals surface area contributed by atoms with E-state index in [0.717, 1.165) is 27.0 Å². The SMILES string of the molecule is Cc1c(N)cccc1-c1nnnn1-c1cccc(Br)c1. The maximum atomic E-state index is 5.95. The number of nitrogens with two attached hydrogens (primary N) is 1. The first kappa shape index (κ1) is 12.8. The van der Waals surface area contributed by atoms with Gasteiger partial charge >= 0.3 is 0 Å². The third-order valence-electron chi connectivity index (χ3n) is 3.14. The van der Waals surface area contributed by atoms with Gasteiger partial charge in [0.1, 0.15) is 0 Å². The molecule has 1 heterocycles. The van der Waals surface area contributed by atoms with Crippen molar-refractivity contribution in [1.29, 1.82) is 0 Å². The molecule has 2 N–H and O–H groups in total. The van der Waals surface area contributed by atoms with Crippen molar-refractivity contribution in [2.24, 2.45) is 0 Å². The van der Waals surface area contributed by atoms with Crippen LogP contribution in [0.25, 0.3) is 17.1 Å². The average Bonchev–Trinajstić information content (AvgIpc) is 2.91. The predicted octanol–water partition coefficient (Wildman–Crippen LogP) is 2.98. The van der Waals surface area contributed by atoms with Crippen LogP contribution in [0.2, 0.25) is 0 Å². The Labute approximate surface area is 124 Å². The van der Waals surface area contributed by atoms with Gasteiger partial charge in [0, 0.05) is 15.7 Å². The normalized spacial score (nSPS) is 10.7. The highest BCUT2D eigenvalue weighted by atomic mass is 79.9. The number of hydrogen-bond donors (Lipinski definition) is 1. The molecule has 0 atom stereocenters. The van der Waals surface area contributed by atoms with Gasteiger partial charge in [-0.15, -0.1) is 5.10 Å². The van der Waals surface area contributed by atoms with Crippen LogP contribution < -0.4 is 5.73 Å². The van der Waals surface area contributed by atoms with Crippen molar-refractivity contribution in [2.75, 3.05) is 5.73 Å². The molecule has 0 unspecified atom stereocenters. The molecule has 0 amide bonds. The van der Waals surface area contributed by atoms with E-state index in [1.165, 1.54) is 0 Å². The summed E-state index contributed by atoms with van der Waals surface area (Å²) < 4.78 is 2.67. The van der Waals surface area contributed by atoms with Crippen LogP contribution in [-0.2, 0) is 0 Å². The van der Waals surface area contributed by atoms with Crippen molar-refractivity contribution < 1.29 is 0 Å². The Hall–Kier alpha value is -2.21. The maximum absolute atomic E-state index is 5.95. The van der Waals surface area contributed by atoms with Gasteiger partial charge in [-0.1, -0.05) is 34.1 Å². The van der Waals surface area contributed by atoms with E-state index in [-0.39, 0.29) is 0 Å². The molecule has 3 rings (SSSR count). The van der Waals surface area contributed by atoms with E-state index in [0.29, 0.717) is 5.82 Å². The Balaban J connectivity index is 2.18. The first-order valence-corrected chi connectivity index (χ1v) is 6.86. The molecule has 6 heteroatoms. The van der Waals surface area contributed by atoms with Crippen LogP contribution in [0.15, 0.2) is 46.9 Å². The van der Waals surface area contributed by atoms with Crippen molar-refractivity contribution in [1.82, 2.24) is 20.2 Å². The number of halogens is 1. The molecule has 0 saturated heterocycles. The first-order valence-electron chi connectivity index (χ1n) is 6.06. The van der Waals surface area contributed by atoms with Crippen molar-refractivity contribution in [3.8, 4) is 17.1 Å². The fraction of sp³-hybridized carbons (Fsp3) is 0.0714. The topological polar surface area (TPSA) is 69.6 Å². The van der Waals surface area contributed by atoms with Crippen LogP contribution >= 0.6 is 15.9 Å². The Morgan fingerprint density at radius 2 is 1.95 bits per heavy atom. The highest BCUT2D eigenvalue weighted by molar-refractivity contribution is 9.10. The molecule has 0 spiro atoms. The standard InChI is InChI=1S/C14H12BrN5/c1-9-12(6-3-7-13(9)16)14-17-18-19-20(14)11-5-2-4-10(15)8-11/h2-8H,16H2,1H3. The molecular formula is C14H12BrN5. The van der Waals surface area contributed by atoms with Gasteiger partial charge in [-0.05, 0) is 47.2 Å². The summed E-state index contributed by atoms with van der Waals surface area (Å²) in [5.41, 5.74) is 9.47. The lowest BCUT2D eigenvalue weighted by atomic mass is 10.1. The maximum Gasteiger partial charge on any atom is 0.187 e. The summed E-state index contributed by atoms with van der Waals surface area (Å²) in [5, 5.41) is 12.0. The van der Waals surface area contributed by atoms with Gasteiger partial charge < -0.3 is 5.73 Å². The summed E-state index contributed by atoms with van der Waals surface area (Å²) in [6, 6.07) is 13.5. The van der Waals surface area contributed by atoms with Crippen LogP contribution in [0, 0.1) is 6.92 Å². The van der Waals surface area contributed by atoms with Gasteiger partial charge in [0.05, 0.1) is 5.69 Å². The van der Waals surface area contributed by atoms with Gasteiger partial charge in [-0.3, -0.25) is 0 Å². The molecule has 100 valence electrons. The number of tetrazole rings is 1. The van der Waals surface area contributed by atoms with Gasteiger partial charge in [-0.25, -0.2) is 0 Å². The van der Waals surface area contributed by atoms with E-state index in [1.807, 2.05) is 49.4 Å². The average molecular weight is 330 g/mol. The van der Waals surface area contributed by atoms with Gasteiger partial charge in [-0.2, -0.15) is 4.68 Å². The molecule has 0 aliphatic rings. The number of aromatic nitrogens is 4. The van der Waals surface area contributed by atoms with E-state index in [1.54, 1.807) is 4.68 Å². The minimum Gasteiger partial charge on any atom is -0.398 e. The second-order valence-electron chi connectivity index (χ2n) is 4.41. The number of rotatable bonds is 2. The van der Waals surface area contributed by atoms with Crippen molar-refractivity contribution in [3.05, 3.63) is 52.5 Å². The van der Waals surface area contributed by atoms with Gasteiger partial charge in [0.15, 0.2) is 5.82 Å². The van der Waals surface area contributed by atoms with Crippen LogP contribution in [0.5, 0.6) is 0 Å². The van der Waals surface area contributed by atoms with E-state index < -0.39 is 0 Å². The number of anilines is 1. The molecule has 3 aromatic rings. The lowest BCUT2D eigenvalue weighted by molar-refractivity contribution is 0.791. The molecule has 0 fully saturated rings. The smallest absolute Gasteiger partial charge is 0.187 e. The quantitative estimate of drug-likeness (QED) is 0.734. The Morgan fingerprint density at radius 3 is 2.75 bits per heavy atom. The lowest BCUT2D eigenvalue weighted by Crippen LogP contribution is -2.01. The lowest BCUT2D eigenvalue weighted by Gasteiger charge is -2.09. The molecule has 0 aliphatic carbocycles. The molecule has 0 radical (unpaired) electrons. The van der Waals surface area contributed by atoms with Crippen LogP contribution in [0.1, 0.15) is 5.56 Å². The molecule has 0 bridgehead atoms. The van der Waals surface area contributed by atoms with Crippen molar-refractivity contribution in [2.45, 2.75) is 6.92 Å². The third-order valence-corrected chi connectivity index (χ3v) is 3.63. The van der Waals surface area contributed by atoms with Crippen LogP contribution in [-0.4, -0.2) is 20.2 Å². The summed E-state index contributed by atoms with van der Waals surface area (Å²) in [7, 11) is 0. The zero-order valence-electron chi connectivity index (χ0n) is 10.8. The summed E-state index contributed by atoms with van der Waals surface area (Å²) in [5.74, 6) is 0.674. The van der Waals surface area contributed by atoms with Gasteiger partial charge in [0.25, 0.3) is 0 Å². The predicted molar refractivity (Wildman–Crippen MR) is 81.4 cm³/mol. The van der Waals surface area contributed by atoms with E-state index in [2.05, 4.69) is 31.5 Å². The molecule has 20 heavy (non-hydrogen) atoms. The van der Waals surface area contributed by atoms with Crippen molar-refractivity contribution in [3.63, 3.8) is 0 Å². The molecule has 1 aromatic heterocycles. The highest BCUT2D eigenvalue weighted by Crippen LogP contribution is 2.27. The Bertz CT molecular complexity index is 766. The van der Waals surface area contributed by atoms with E-state index in [9.17, 15) is 0 Å². The van der Waals surface area contributed by atoms with E-state index in [4.69, 9.17) is 5.73 Å². The molecular weight excluding hydrogens is 318 g/mol. The second-order valence-corrected chi connectivity index (χ2v) is 5.33. The fourth-order valence-electron chi connectivity index (χ4n) is 2.03. The minimum atomic E-state index is 0.674. The first-order chi connectivity index (χ1) is 9.66. The molecule has 5 nitrogen and oxygen atoms in total. The number of hydrogen-bond acceptors (Lipinski definition) is 4. The summed E-state index contributed by atoms with van der Waals surface area (Å²) in [6.45, 7) is 1.96. The largest absolute Gasteiger partial charge is 0.398 e. The molecule has 0 saturated carbocycles. The van der Waals surface area contributed by atoms with Crippen molar-refractivity contribution >= 4 is 21.6 Å². The van der Waals surface area contributed by atoms with Crippen LogP contribution in [0.4, 0.5) is 5.69 Å². The zero-order valence-corrected chi connectivity index (χ0v) is 12.4. The van der Waals surface area contributed by atoms with Crippen LogP contribution in [0.3, 0.4) is 0 Å². The number of benzene rings is 2. The number of nitrogen functional groups attached to an aromatic ring is 1. The summed E-state index contributed by atoms with van der Waals surface area (Å²) >= 11 is 3.45. The monoisotopic (exact) mass is 329 g/mol.